The average molecular weight is 491 g/mol. The Balaban J connectivity index is 2.48. The molecule has 0 amide bonds. The summed E-state index contributed by atoms with van der Waals surface area (Å²) in [6.45, 7) is 3.01. The van der Waals surface area contributed by atoms with Crippen molar-refractivity contribution in [1.82, 2.24) is 0 Å². The number of carboxylic acids is 2. The molecule has 0 heterocycles. The first-order chi connectivity index (χ1) is 17.0. The van der Waals surface area contributed by atoms with Crippen LogP contribution in [0.3, 0.4) is 0 Å². The number of hydrogen-bond donors (Lipinski definition) is 2. The van der Waals surface area contributed by atoms with Gasteiger partial charge in [0.15, 0.2) is 0 Å². The van der Waals surface area contributed by atoms with E-state index in [9.17, 15) is 9.59 Å². The molecule has 1 rings (SSSR count). The summed E-state index contributed by atoms with van der Waals surface area (Å²) < 4.78 is 6.24. The van der Waals surface area contributed by atoms with Crippen molar-refractivity contribution in [2.75, 3.05) is 6.61 Å². The van der Waals surface area contributed by atoms with E-state index in [1.165, 1.54) is 49.7 Å². The van der Waals surface area contributed by atoms with Crippen LogP contribution in [0.15, 0.2) is 18.2 Å². The summed E-state index contributed by atoms with van der Waals surface area (Å²) in [7, 11) is 0. The van der Waals surface area contributed by atoms with Crippen molar-refractivity contribution in [3.8, 4) is 5.75 Å². The number of benzene rings is 1. The molecular weight excluding hydrogens is 440 g/mol. The van der Waals surface area contributed by atoms with Gasteiger partial charge in [-0.2, -0.15) is 0 Å². The molecule has 0 aromatic heterocycles. The minimum absolute atomic E-state index is 0.286. The number of carboxylic acid groups (broad SMARTS) is 2. The molecule has 1 aromatic carbocycles. The lowest BCUT2D eigenvalue weighted by Gasteiger charge is -2.16. The monoisotopic (exact) mass is 490 g/mol. The number of unbranched alkanes of at least 4 members (excludes halogenated alkanes) is 13. The Hall–Kier alpha value is -2.04. The standard InChI is InChI=1S/C30H50O5/c1-2-3-4-17-25-35-28-22-18-20-26(19-13-9-5-7-11-15-23-29(31)32)27(28)21-14-10-6-8-12-16-24-30(33)34/h18,20,22H,2-17,19,21,23-25H2,1H3,(H,31,32)(H,33,34). The fourth-order valence-electron chi connectivity index (χ4n) is 4.56. The van der Waals surface area contributed by atoms with E-state index in [1.807, 2.05) is 0 Å². The summed E-state index contributed by atoms with van der Waals surface area (Å²) in [4.78, 5) is 21.2. The summed E-state index contributed by atoms with van der Waals surface area (Å²) >= 11 is 0. The van der Waals surface area contributed by atoms with E-state index in [1.54, 1.807) is 0 Å². The molecular formula is C30H50O5. The molecule has 5 heteroatoms. The van der Waals surface area contributed by atoms with Crippen LogP contribution in [0.4, 0.5) is 0 Å². The zero-order valence-electron chi connectivity index (χ0n) is 22.2. The molecule has 0 atom stereocenters. The largest absolute Gasteiger partial charge is 0.493 e. The zero-order chi connectivity index (χ0) is 25.6. The van der Waals surface area contributed by atoms with Crippen LogP contribution < -0.4 is 4.74 Å². The van der Waals surface area contributed by atoms with Gasteiger partial charge in [-0.1, -0.05) is 89.7 Å². The quantitative estimate of drug-likeness (QED) is 0.142. The second kappa shape index (κ2) is 21.3. The third-order valence-electron chi connectivity index (χ3n) is 6.64. The van der Waals surface area contributed by atoms with E-state index >= 15 is 0 Å². The van der Waals surface area contributed by atoms with Crippen molar-refractivity contribution < 1.29 is 24.5 Å². The van der Waals surface area contributed by atoms with E-state index in [2.05, 4.69) is 25.1 Å². The number of hydrogen-bond acceptors (Lipinski definition) is 3. The predicted molar refractivity (Wildman–Crippen MR) is 143 cm³/mol. The number of carbonyl (C=O) groups is 2. The molecule has 5 nitrogen and oxygen atoms in total. The highest BCUT2D eigenvalue weighted by molar-refractivity contribution is 5.66. The molecule has 0 aliphatic heterocycles. The van der Waals surface area contributed by atoms with Crippen molar-refractivity contribution >= 4 is 11.9 Å². The van der Waals surface area contributed by atoms with Crippen LogP contribution >= 0.6 is 0 Å². The summed E-state index contributed by atoms with van der Waals surface area (Å²) in [5, 5.41) is 17.5. The van der Waals surface area contributed by atoms with Gasteiger partial charge in [-0.05, 0) is 62.1 Å². The van der Waals surface area contributed by atoms with Gasteiger partial charge in [-0.15, -0.1) is 0 Å². The lowest BCUT2D eigenvalue weighted by molar-refractivity contribution is -0.138. The number of aryl methyl sites for hydroxylation is 1. The Bertz CT molecular complexity index is 685. The normalized spacial score (nSPS) is 11.0. The maximum atomic E-state index is 10.6. The first-order valence-corrected chi connectivity index (χ1v) is 14.2. The Morgan fingerprint density at radius 1 is 0.657 bits per heavy atom. The highest BCUT2D eigenvalue weighted by Gasteiger charge is 2.10. The van der Waals surface area contributed by atoms with Crippen molar-refractivity contribution in [3.05, 3.63) is 29.3 Å². The molecule has 200 valence electrons. The second-order valence-electron chi connectivity index (χ2n) is 9.83. The van der Waals surface area contributed by atoms with Crippen LogP contribution in [-0.4, -0.2) is 28.8 Å². The van der Waals surface area contributed by atoms with Crippen LogP contribution in [0, 0.1) is 0 Å². The number of aliphatic carboxylic acids is 2. The summed E-state index contributed by atoms with van der Waals surface area (Å²) in [5.41, 5.74) is 2.80. The van der Waals surface area contributed by atoms with Crippen LogP contribution in [0.2, 0.25) is 0 Å². The molecule has 0 unspecified atom stereocenters. The molecule has 0 aliphatic carbocycles. The van der Waals surface area contributed by atoms with Crippen LogP contribution in [-0.2, 0) is 22.4 Å². The minimum Gasteiger partial charge on any atom is -0.493 e. The third-order valence-corrected chi connectivity index (χ3v) is 6.64. The van der Waals surface area contributed by atoms with Gasteiger partial charge < -0.3 is 14.9 Å². The Labute approximate surface area is 213 Å². The predicted octanol–water partition coefficient (Wildman–Crippen LogP) is 8.36. The van der Waals surface area contributed by atoms with E-state index < -0.39 is 11.9 Å². The zero-order valence-corrected chi connectivity index (χ0v) is 22.2. The SMILES string of the molecule is CCCCCCOc1cccc(CCCCCCCCC(=O)O)c1CCCCCCCCC(=O)O. The molecule has 0 radical (unpaired) electrons. The second-order valence-corrected chi connectivity index (χ2v) is 9.83. The van der Waals surface area contributed by atoms with Crippen molar-refractivity contribution in [1.29, 1.82) is 0 Å². The maximum Gasteiger partial charge on any atom is 0.303 e. The molecule has 0 bridgehead atoms. The first-order valence-electron chi connectivity index (χ1n) is 14.2. The number of ether oxygens (including phenoxy) is 1. The van der Waals surface area contributed by atoms with Gasteiger partial charge in [0, 0.05) is 12.8 Å². The van der Waals surface area contributed by atoms with E-state index in [0.717, 1.165) is 89.4 Å². The molecule has 0 fully saturated rings. The first kappa shape index (κ1) is 31.0. The van der Waals surface area contributed by atoms with E-state index in [4.69, 9.17) is 14.9 Å². The Kier molecular flexibility index (Phi) is 18.8. The van der Waals surface area contributed by atoms with Crippen LogP contribution in [0.25, 0.3) is 0 Å². The van der Waals surface area contributed by atoms with Gasteiger partial charge in [0.2, 0.25) is 0 Å². The van der Waals surface area contributed by atoms with Crippen molar-refractivity contribution in [2.45, 2.75) is 135 Å². The van der Waals surface area contributed by atoms with E-state index in [-0.39, 0.29) is 12.8 Å². The van der Waals surface area contributed by atoms with Crippen molar-refractivity contribution in [3.63, 3.8) is 0 Å². The minimum atomic E-state index is -0.693. The topological polar surface area (TPSA) is 83.8 Å². The Morgan fingerprint density at radius 3 is 1.74 bits per heavy atom. The van der Waals surface area contributed by atoms with Gasteiger partial charge in [0.1, 0.15) is 5.75 Å². The van der Waals surface area contributed by atoms with Gasteiger partial charge in [0.05, 0.1) is 6.61 Å². The third kappa shape index (κ3) is 17.1. The molecule has 0 saturated carbocycles. The van der Waals surface area contributed by atoms with E-state index in [0.29, 0.717) is 0 Å². The average Bonchev–Trinajstić information content (AvgIpc) is 2.82. The highest BCUT2D eigenvalue weighted by atomic mass is 16.5. The number of rotatable bonds is 24. The summed E-state index contributed by atoms with van der Waals surface area (Å²) in [6.07, 6.45) is 20.3. The van der Waals surface area contributed by atoms with Gasteiger partial charge >= 0.3 is 11.9 Å². The molecule has 0 aliphatic rings. The maximum absolute atomic E-state index is 10.6. The lowest BCUT2D eigenvalue weighted by Crippen LogP contribution is -2.04. The lowest BCUT2D eigenvalue weighted by atomic mass is 9.95. The molecule has 2 N–H and O–H groups in total. The van der Waals surface area contributed by atoms with Crippen LogP contribution in [0.1, 0.15) is 134 Å². The summed E-state index contributed by atoms with van der Waals surface area (Å²) in [6, 6.07) is 6.53. The van der Waals surface area contributed by atoms with Crippen LogP contribution in [0.5, 0.6) is 5.75 Å². The smallest absolute Gasteiger partial charge is 0.303 e. The fourth-order valence-corrected chi connectivity index (χ4v) is 4.56. The molecule has 35 heavy (non-hydrogen) atoms. The summed E-state index contributed by atoms with van der Waals surface area (Å²) in [5.74, 6) is -0.320. The van der Waals surface area contributed by atoms with Gasteiger partial charge in [-0.3, -0.25) is 9.59 Å². The van der Waals surface area contributed by atoms with Crippen molar-refractivity contribution in [2.24, 2.45) is 0 Å². The Morgan fingerprint density at radius 2 is 1.17 bits per heavy atom. The molecule has 0 saturated heterocycles. The molecule has 0 spiro atoms. The molecule has 1 aromatic rings. The van der Waals surface area contributed by atoms with Gasteiger partial charge in [-0.25, -0.2) is 0 Å². The highest BCUT2D eigenvalue weighted by Crippen LogP contribution is 2.27. The van der Waals surface area contributed by atoms with Gasteiger partial charge in [0.25, 0.3) is 0 Å². The fraction of sp³-hybridized carbons (Fsp3) is 0.733.